The lowest BCUT2D eigenvalue weighted by Gasteiger charge is -2.16. The SMILES string of the molecule is O=[N+]([O-])c1ccc(NCCO)c(NCc2nnc3n2CCCC3)c1. The van der Waals surface area contributed by atoms with Crippen LogP contribution < -0.4 is 10.6 Å². The van der Waals surface area contributed by atoms with Crippen molar-refractivity contribution in [1.82, 2.24) is 14.8 Å². The molecule has 0 amide bonds. The predicted octanol–water partition coefficient (Wildman–Crippen LogP) is 1.54. The minimum absolute atomic E-state index is 0.00956. The summed E-state index contributed by atoms with van der Waals surface area (Å²) in [6.07, 6.45) is 3.18. The number of nitro groups is 1. The number of benzene rings is 1. The van der Waals surface area contributed by atoms with E-state index in [9.17, 15) is 10.1 Å². The molecule has 3 rings (SSSR count). The molecule has 9 heteroatoms. The monoisotopic (exact) mass is 332 g/mol. The number of non-ortho nitro benzene ring substituents is 1. The van der Waals surface area contributed by atoms with Gasteiger partial charge in [-0.05, 0) is 18.9 Å². The van der Waals surface area contributed by atoms with Gasteiger partial charge in [0, 0.05) is 31.6 Å². The molecule has 1 aromatic carbocycles. The summed E-state index contributed by atoms with van der Waals surface area (Å²) in [5.41, 5.74) is 1.31. The molecule has 1 aromatic heterocycles. The molecule has 0 spiro atoms. The van der Waals surface area contributed by atoms with Gasteiger partial charge < -0.3 is 20.3 Å². The summed E-state index contributed by atoms with van der Waals surface area (Å²) >= 11 is 0. The number of rotatable bonds is 7. The Bertz CT molecular complexity index is 730. The zero-order valence-electron chi connectivity index (χ0n) is 13.2. The highest BCUT2D eigenvalue weighted by atomic mass is 16.6. The van der Waals surface area contributed by atoms with Gasteiger partial charge >= 0.3 is 0 Å². The van der Waals surface area contributed by atoms with E-state index in [1.807, 2.05) is 0 Å². The summed E-state index contributed by atoms with van der Waals surface area (Å²) in [5.74, 6) is 1.82. The van der Waals surface area contributed by atoms with E-state index in [0.29, 0.717) is 24.5 Å². The van der Waals surface area contributed by atoms with E-state index in [0.717, 1.165) is 37.5 Å². The summed E-state index contributed by atoms with van der Waals surface area (Å²) in [4.78, 5) is 10.6. The molecule has 24 heavy (non-hydrogen) atoms. The smallest absolute Gasteiger partial charge is 0.271 e. The maximum atomic E-state index is 11.0. The van der Waals surface area contributed by atoms with Crippen LogP contribution in [0, 0.1) is 10.1 Å². The molecule has 0 radical (unpaired) electrons. The minimum Gasteiger partial charge on any atom is -0.395 e. The van der Waals surface area contributed by atoms with Crippen LogP contribution in [-0.4, -0.2) is 37.9 Å². The first kappa shape index (κ1) is 16.2. The molecule has 0 atom stereocenters. The average molecular weight is 332 g/mol. The number of hydrogen-bond donors (Lipinski definition) is 3. The summed E-state index contributed by atoms with van der Waals surface area (Å²) < 4.78 is 2.11. The van der Waals surface area contributed by atoms with Gasteiger partial charge in [-0.15, -0.1) is 10.2 Å². The Morgan fingerprint density at radius 1 is 1.25 bits per heavy atom. The van der Waals surface area contributed by atoms with Crippen molar-refractivity contribution in [3.05, 3.63) is 40.0 Å². The molecular weight excluding hydrogens is 312 g/mol. The number of aliphatic hydroxyl groups excluding tert-OH is 1. The van der Waals surface area contributed by atoms with Crippen molar-refractivity contribution in [2.75, 3.05) is 23.8 Å². The maximum Gasteiger partial charge on any atom is 0.271 e. The molecule has 128 valence electrons. The first-order valence-electron chi connectivity index (χ1n) is 7.97. The van der Waals surface area contributed by atoms with Crippen molar-refractivity contribution in [2.45, 2.75) is 32.4 Å². The summed E-state index contributed by atoms with van der Waals surface area (Å²) in [6, 6.07) is 4.55. The molecular formula is C15H20N6O3. The maximum absolute atomic E-state index is 11.0. The number of aryl methyl sites for hydroxylation is 1. The molecule has 0 bridgehead atoms. The first-order chi connectivity index (χ1) is 11.7. The van der Waals surface area contributed by atoms with Gasteiger partial charge in [-0.25, -0.2) is 0 Å². The van der Waals surface area contributed by atoms with Gasteiger partial charge in [0.25, 0.3) is 5.69 Å². The van der Waals surface area contributed by atoms with E-state index in [-0.39, 0.29) is 12.3 Å². The molecule has 3 N–H and O–H groups in total. The lowest BCUT2D eigenvalue weighted by Crippen LogP contribution is -2.16. The largest absolute Gasteiger partial charge is 0.395 e. The Labute approximate surface area is 138 Å². The van der Waals surface area contributed by atoms with Crippen molar-refractivity contribution < 1.29 is 10.0 Å². The number of aromatic nitrogens is 3. The zero-order valence-corrected chi connectivity index (χ0v) is 13.2. The predicted molar refractivity (Wildman–Crippen MR) is 89.0 cm³/mol. The molecule has 2 heterocycles. The molecule has 0 aliphatic carbocycles. The third-order valence-corrected chi connectivity index (χ3v) is 4.01. The quantitative estimate of drug-likeness (QED) is 0.520. The number of aliphatic hydroxyl groups is 1. The Hall–Kier alpha value is -2.68. The second kappa shape index (κ2) is 7.26. The second-order valence-corrected chi connectivity index (χ2v) is 5.63. The van der Waals surface area contributed by atoms with Crippen molar-refractivity contribution in [1.29, 1.82) is 0 Å². The fourth-order valence-corrected chi connectivity index (χ4v) is 2.81. The highest BCUT2D eigenvalue weighted by Crippen LogP contribution is 2.27. The molecule has 1 aliphatic rings. The van der Waals surface area contributed by atoms with E-state index < -0.39 is 4.92 Å². The highest BCUT2D eigenvalue weighted by Gasteiger charge is 2.16. The van der Waals surface area contributed by atoms with Crippen LogP contribution in [0.15, 0.2) is 18.2 Å². The molecule has 1 aliphatic heterocycles. The summed E-state index contributed by atoms with van der Waals surface area (Å²) in [7, 11) is 0. The topological polar surface area (TPSA) is 118 Å². The number of nitrogens with zero attached hydrogens (tertiary/aromatic N) is 4. The minimum atomic E-state index is -0.431. The van der Waals surface area contributed by atoms with Crippen molar-refractivity contribution in [3.63, 3.8) is 0 Å². The van der Waals surface area contributed by atoms with Gasteiger partial charge in [0.15, 0.2) is 5.82 Å². The van der Waals surface area contributed by atoms with Gasteiger partial charge in [-0.3, -0.25) is 10.1 Å². The highest BCUT2D eigenvalue weighted by molar-refractivity contribution is 5.71. The lowest BCUT2D eigenvalue weighted by molar-refractivity contribution is -0.384. The van der Waals surface area contributed by atoms with Crippen LogP contribution >= 0.6 is 0 Å². The van der Waals surface area contributed by atoms with Crippen LogP contribution in [0.2, 0.25) is 0 Å². The van der Waals surface area contributed by atoms with Gasteiger partial charge in [0.1, 0.15) is 5.82 Å². The number of nitro benzene ring substituents is 1. The Morgan fingerprint density at radius 2 is 2.12 bits per heavy atom. The Kier molecular flexibility index (Phi) is 4.90. The Balaban J connectivity index is 1.78. The molecule has 9 nitrogen and oxygen atoms in total. The van der Waals surface area contributed by atoms with E-state index in [4.69, 9.17) is 5.11 Å². The second-order valence-electron chi connectivity index (χ2n) is 5.63. The lowest BCUT2D eigenvalue weighted by atomic mass is 10.1. The van der Waals surface area contributed by atoms with Crippen LogP contribution in [0.3, 0.4) is 0 Å². The van der Waals surface area contributed by atoms with Crippen molar-refractivity contribution >= 4 is 17.1 Å². The zero-order chi connectivity index (χ0) is 16.9. The van der Waals surface area contributed by atoms with Gasteiger partial charge in [0.05, 0.1) is 29.4 Å². The van der Waals surface area contributed by atoms with Crippen LogP contribution in [0.4, 0.5) is 17.1 Å². The Morgan fingerprint density at radius 3 is 2.92 bits per heavy atom. The third-order valence-electron chi connectivity index (χ3n) is 4.01. The van der Waals surface area contributed by atoms with E-state index in [1.54, 1.807) is 6.07 Å². The fourth-order valence-electron chi connectivity index (χ4n) is 2.81. The fraction of sp³-hybridized carbons (Fsp3) is 0.467. The summed E-state index contributed by atoms with van der Waals surface area (Å²) in [6.45, 7) is 1.69. The van der Waals surface area contributed by atoms with Crippen LogP contribution in [0.25, 0.3) is 0 Å². The average Bonchev–Trinajstić information content (AvgIpc) is 3.01. The number of nitrogens with one attached hydrogen (secondary N) is 2. The van der Waals surface area contributed by atoms with Crippen molar-refractivity contribution in [3.8, 4) is 0 Å². The molecule has 0 fully saturated rings. The standard InChI is InChI=1S/C15H20N6O3/c22-8-6-16-12-5-4-11(21(23)24)9-13(12)17-10-15-19-18-14-3-1-2-7-20(14)15/h4-5,9,16-17,22H,1-3,6-8,10H2. The molecule has 0 saturated heterocycles. The van der Waals surface area contributed by atoms with E-state index >= 15 is 0 Å². The number of anilines is 2. The molecule has 2 aromatic rings. The summed E-state index contributed by atoms with van der Waals surface area (Å²) in [5, 5.41) is 34.6. The third kappa shape index (κ3) is 3.46. The van der Waals surface area contributed by atoms with E-state index in [1.165, 1.54) is 12.1 Å². The normalized spacial score (nSPS) is 13.4. The molecule has 0 unspecified atom stereocenters. The van der Waals surface area contributed by atoms with Gasteiger partial charge in [-0.1, -0.05) is 0 Å². The first-order valence-corrected chi connectivity index (χ1v) is 7.97. The van der Waals surface area contributed by atoms with Crippen molar-refractivity contribution in [2.24, 2.45) is 0 Å². The van der Waals surface area contributed by atoms with Crippen LogP contribution in [-0.2, 0) is 19.5 Å². The molecule has 0 saturated carbocycles. The van der Waals surface area contributed by atoms with Gasteiger partial charge in [0.2, 0.25) is 0 Å². The number of fused-ring (bicyclic) bond motifs is 1. The van der Waals surface area contributed by atoms with E-state index in [2.05, 4.69) is 25.4 Å². The van der Waals surface area contributed by atoms with Crippen LogP contribution in [0.1, 0.15) is 24.5 Å². The van der Waals surface area contributed by atoms with Crippen LogP contribution in [0.5, 0.6) is 0 Å². The number of hydrogen-bond acceptors (Lipinski definition) is 7. The van der Waals surface area contributed by atoms with Gasteiger partial charge in [-0.2, -0.15) is 0 Å².